The van der Waals surface area contributed by atoms with Crippen molar-refractivity contribution in [3.63, 3.8) is 0 Å². The van der Waals surface area contributed by atoms with Gasteiger partial charge in [0.1, 0.15) is 5.75 Å². The zero-order valence-corrected chi connectivity index (χ0v) is 16.8. The van der Waals surface area contributed by atoms with Gasteiger partial charge in [0, 0.05) is 51.2 Å². The van der Waals surface area contributed by atoms with E-state index in [1.54, 1.807) is 11.3 Å². The number of ether oxygens (including phenoxy) is 2. The number of nitrogens with zero attached hydrogens (tertiary/aromatic N) is 4. The zero-order valence-electron chi connectivity index (χ0n) is 16.0. The van der Waals surface area contributed by atoms with Crippen LogP contribution in [0.2, 0.25) is 0 Å². The van der Waals surface area contributed by atoms with E-state index in [4.69, 9.17) is 14.5 Å². The molecule has 0 saturated carbocycles. The van der Waals surface area contributed by atoms with Crippen molar-refractivity contribution in [2.45, 2.75) is 6.54 Å². The molecule has 0 aliphatic carbocycles. The number of amides is 1. The van der Waals surface area contributed by atoms with Gasteiger partial charge in [0.25, 0.3) is 5.91 Å². The number of thiazole rings is 1. The summed E-state index contributed by atoms with van der Waals surface area (Å²) in [6, 6.07) is 9.46. The van der Waals surface area contributed by atoms with Crippen molar-refractivity contribution in [2.75, 3.05) is 64.0 Å². The number of carbonyl (C=O) groups is 1. The van der Waals surface area contributed by atoms with E-state index in [-0.39, 0.29) is 12.5 Å². The highest BCUT2D eigenvalue weighted by Gasteiger charge is 2.23. The SMILES string of the molecule is O=C(COc1ccccc1)N1CCN(c2nc(CN3CCOCC3)cs2)CC1. The Labute approximate surface area is 169 Å². The summed E-state index contributed by atoms with van der Waals surface area (Å²) in [5.74, 6) is 0.765. The summed E-state index contributed by atoms with van der Waals surface area (Å²) in [5.41, 5.74) is 1.12. The number of benzene rings is 1. The smallest absolute Gasteiger partial charge is 0.260 e. The second-order valence-electron chi connectivity index (χ2n) is 6.98. The lowest BCUT2D eigenvalue weighted by Gasteiger charge is -2.34. The summed E-state index contributed by atoms with van der Waals surface area (Å²) in [6.45, 7) is 7.55. The van der Waals surface area contributed by atoms with Crippen LogP contribution >= 0.6 is 11.3 Å². The molecule has 2 aromatic rings. The van der Waals surface area contributed by atoms with Gasteiger partial charge in [0.2, 0.25) is 0 Å². The van der Waals surface area contributed by atoms with Crippen LogP contribution < -0.4 is 9.64 Å². The highest BCUT2D eigenvalue weighted by molar-refractivity contribution is 7.13. The summed E-state index contributed by atoms with van der Waals surface area (Å²) < 4.78 is 11.0. The van der Waals surface area contributed by atoms with Gasteiger partial charge in [-0.1, -0.05) is 18.2 Å². The van der Waals surface area contributed by atoms with Crippen LogP contribution in [-0.2, 0) is 16.1 Å². The van der Waals surface area contributed by atoms with Crippen LogP contribution in [0.15, 0.2) is 35.7 Å². The third-order valence-electron chi connectivity index (χ3n) is 5.04. The molecule has 2 fully saturated rings. The van der Waals surface area contributed by atoms with Crippen molar-refractivity contribution in [3.05, 3.63) is 41.4 Å². The Morgan fingerprint density at radius 2 is 1.82 bits per heavy atom. The van der Waals surface area contributed by atoms with Crippen LogP contribution in [0.1, 0.15) is 5.69 Å². The van der Waals surface area contributed by atoms with Gasteiger partial charge in [-0.3, -0.25) is 9.69 Å². The molecule has 0 unspecified atom stereocenters. The lowest BCUT2D eigenvalue weighted by molar-refractivity contribution is -0.133. The third kappa shape index (κ3) is 5.01. The molecule has 0 spiro atoms. The van der Waals surface area contributed by atoms with Crippen molar-refractivity contribution < 1.29 is 14.3 Å². The van der Waals surface area contributed by atoms with E-state index in [1.807, 2.05) is 35.2 Å². The molecule has 1 aromatic carbocycles. The van der Waals surface area contributed by atoms with Crippen molar-refractivity contribution in [3.8, 4) is 5.75 Å². The fraction of sp³-hybridized carbons (Fsp3) is 0.500. The number of hydrogen-bond donors (Lipinski definition) is 0. The highest BCUT2D eigenvalue weighted by Crippen LogP contribution is 2.23. The molecule has 1 amide bonds. The van der Waals surface area contributed by atoms with Crippen LogP contribution in [0.3, 0.4) is 0 Å². The maximum atomic E-state index is 12.4. The van der Waals surface area contributed by atoms with Gasteiger partial charge >= 0.3 is 0 Å². The van der Waals surface area contributed by atoms with Gasteiger partial charge < -0.3 is 19.3 Å². The van der Waals surface area contributed by atoms with Crippen LogP contribution in [0, 0.1) is 0 Å². The second kappa shape index (κ2) is 9.36. The Morgan fingerprint density at radius 1 is 1.07 bits per heavy atom. The lowest BCUT2D eigenvalue weighted by atomic mass is 10.3. The summed E-state index contributed by atoms with van der Waals surface area (Å²) in [7, 11) is 0. The predicted molar refractivity (Wildman–Crippen MR) is 109 cm³/mol. The van der Waals surface area contributed by atoms with E-state index in [9.17, 15) is 4.79 Å². The Kier molecular flexibility index (Phi) is 6.41. The molecule has 2 saturated heterocycles. The van der Waals surface area contributed by atoms with Crippen LogP contribution in [0.25, 0.3) is 0 Å². The molecule has 4 rings (SSSR count). The van der Waals surface area contributed by atoms with Crippen LogP contribution in [0.5, 0.6) is 5.75 Å². The Bertz CT molecular complexity index is 756. The average Bonchev–Trinajstić information content (AvgIpc) is 3.22. The molecule has 0 bridgehead atoms. The third-order valence-corrected chi connectivity index (χ3v) is 5.99. The van der Waals surface area contributed by atoms with E-state index >= 15 is 0 Å². The first-order valence-corrected chi connectivity index (χ1v) is 10.6. The molecular formula is C20H26N4O3S. The number of rotatable bonds is 6. The minimum Gasteiger partial charge on any atom is -0.484 e. The monoisotopic (exact) mass is 402 g/mol. The van der Waals surface area contributed by atoms with E-state index in [2.05, 4.69) is 15.2 Å². The first-order valence-electron chi connectivity index (χ1n) is 9.73. The maximum absolute atomic E-state index is 12.4. The quantitative estimate of drug-likeness (QED) is 0.733. The van der Waals surface area contributed by atoms with Crippen LogP contribution in [-0.4, -0.2) is 79.8 Å². The lowest BCUT2D eigenvalue weighted by Crippen LogP contribution is -2.50. The number of carbonyl (C=O) groups excluding carboxylic acids is 1. The maximum Gasteiger partial charge on any atom is 0.260 e. The summed E-state index contributed by atoms with van der Waals surface area (Å²) in [5, 5.41) is 3.20. The predicted octanol–water partition coefficient (Wildman–Crippen LogP) is 1.70. The van der Waals surface area contributed by atoms with E-state index in [0.717, 1.165) is 62.5 Å². The molecule has 0 atom stereocenters. The fourth-order valence-corrected chi connectivity index (χ4v) is 4.27. The summed E-state index contributed by atoms with van der Waals surface area (Å²) >= 11 is 1.69. The van der Waals surface area contributed by atoms with Gasteiger partial charge in [-0.05, 0) is 12.1 Å². The number of aromatic nitrogens is 1. The standard InChI is InChI=1S/C20H26N4O3S/c25-19(15-27-18-4-2-1-3-5-18)23-6-8-24(9-7-23)20-21-17(16-28-20)14-22-10-12-26-13-11-22/h1-5,16H,6-15H2. The van der Waals surface area contributed by atoms with Gasteiger partial charge in [-0.2, -0.15) is 0 Å². The van der Waals surface area contributed by atoms with Gasteiger partial charge in [-0.25, -0.2) is 4.98 Å². The fourth-order valence-electron chi connectivity index (χ4n) is 3.40. The minimum absolute atomic E-state index is 0.0376. The second-order valence-corrected chi connectivity index (χ2v) is 7.82. The molecule has 150 valence electrons. The number of piperazine rings is 1. The molecule has 2 aliphatic heterocycles. The van der Waals surface area contributed by atoms with E-state index < -0.39 is 0 Å². The largest absolute Gasteiger partial charge is 0.484 e. The number of para-hydroxylation sites is 1. The van der Waals surface area contributed by atoms with Crippen molar-refractivity contribution >= 4 is 22.4 Å². The van der Waals surface area contributed by atoms with Gasteiger partial charge in [0.05, 0.1) is 18.9 Å². The molecule has 0 radical (unpaired) electrons. The molecule has 0 N–H and O–H groups in total. The Hall–Kier alpha value is -2.16. The molecule has 1 aromatic heterocycles. The normalized spacial score (nSPS) is 18.3. The Balaban J connectivity index is 1.23. The number of anilines is 1. The molecule has 2 aliphatic rings. The average molecular weight is 403 g/mol. The Morgan fingerprint density at radius 3 is 2.57 bits per heavy atom. The van der Waals surface area contributed by atoms with Gasteiger partial charge in [-0.15, -0.1) is 11.3 Å². The molecule has 7 nitrogen and oxygen atoms in total. The zero-order chi connectivity index (χ0) is 19.2. The first-order chi connectivity index (χ1) is 13.8. The molecule has 28 heavy (non-hydrogen) atoms. The summed E-state index contributed by atoms with van der Waals surface area (Å²) in [6.07, 6.45) is 0. The number of hydrogen-bond acceptors (Lipinski definition) is 7. The highest BCUT2D eigenvalue weighted by atomic mass is 32.1. The van der Waals surface area contributed by atoms with Crippen LogP contribution in [0.4, 0.5) is 5.13 Å². The van der Waals surface area contributed by atoms with E-state index in [1.165, 1.54) is 0 Å². The topological polar surface area (TPSA) is 58.1 Å². The van der Waals surface area contributed by atoms with Crippen molar-refractivity contribution in [1.29, 1.82) is 0 Å². The van der Waals surface area contributed by atoms with E-state index in [0.29, 0.717) is 13.1 Å². The van der Waals surface area contributed by atoms with Crippen molar-refractivity contribution in [2.24, 2.45) is 0 Å². The minimum atomic E-state index is 0.0376. The molecule has 8 heteroatoms. The summed E-state index contributed by atoms with van der Waals surface area (Å²) in [4.78, 5) is 23.7. The number of morpholine rings is 1. The molecular weight excluding hydrogens is 376 g/mol. The first kappa shape index (κ1) is 19.2. The van der Waals surface area contributed by atoms with Crippen molar-refractivity contribution in [1.82, 2.24) is 14.8 Å². The molecule has 3 heterocycles. The van der Waals surface area contributed by atoms with Gasteiger partial charge in [0.15, 0.2) is 11.7 Å².